The lowest BCUT2D eigenvalue weighted by Crippen LogP contribution is -2.19. The van der Waals surface area contributed by atoms with Gasteiger partial charge in [-0.05, 0) is 24.3 Å². The Morgan fingerprint density at radius 3 is 2.48 bits per heavy atom. The summed E-state index contributed by atoms with van der Waals surface area (Å²) in [5.74, 6) is 2.86. The highest BCUT2D eigenvalue weighted by Crippen LogP contribution is 2.37. The van der Waals surface area contributed by atoms with Gasteiger partial charge in [0.25, 0.3) is 0 Å². The van der Waals surface area contributed by atoms with E-state index in [2.05, 4.69) is 15.6 Å². The molecule has 0 amide bonds. The second-order valence-electron chi connectivity index (χ2n) is 5.67. The number of nitrogens with one attached hydrogen (secondary N) is 1. The first-order valence-electron chi connectivity index (χ1n) is 8.20. The van der Waals surface area contributed by atoms with E-state index in [1.165, 1.54) is 11.8 Å². The molecule has 0 aliphatic carbocycles. The molecule has 8 heteroatoms. The van der Waals surface area contributed by atoms with Crippen LogP contribution in [0.1, 0.15) is 5.56 Å². The maximum absolute atomic E-state index is 5.53. The molecule has 4 rings (SSSR count). The van der Waals surface area contributed by atoms with Crippen LogP contribution in [0.25, 0.3) is 17.1 Å². The Morgan fingerprint density at radius 2 is 1.70 bits per heavy atom. The van der Waals surface area contributed by atoms with Gasteiger partial charge in [-0.1, -0.05) is 23.9 Å². The van der Waals surface area contributed by atoms with E-state index in [-0.39, 0.29) is 0 Å². The third-order valence-corrected chi connectivity index (χ3v) is 5.02. The number of aromatic nitrogens is 3. The normalized spacial score (nSPS) is 12.6. The first-order valence-corrected chi connectivity index (χ1v) is 9.08. The zero-order chi connectivity index (χ0) is 18.8. The predicted molar refractivity (Wildman–Crippen MR) is 105 cm³/mol. The van der Waals surface area contributed by atoms with Crippen LogP contribution in [-0.2, 0) is 0 Å². The van der Waals surface area contributed by atoms with Gasteiger partial charge in [0.15, 0.2) is 5.82 Å². The summed E-state index contributed by atoms with van der Waals surface area (Å²) in [6, 6.07) is 13.4. The molecule has 1 aliphatic heterocycles. The molecule has 27 heavy (non-hydrogen) atoms. The molecular formula is C19H18N4O3S. The van der Waals surface area contributed by atoms with Gasteiger partial charge in [0, 0.05) is 17.0 Å². The summed E-state index contributed by atoms with van der Waals surface area (Å²) in [5, 5.41) is 11.3. The van der Waals surface area contributed by atoms with Crippen LogP contribution in [0.2, 0.25) is 0 Å². The van der Waals surface area contributed by atoms with Crippen molar-refractivity contribution in [2.45, 2.75) is 5.16 Å². The number of fused-ring (bicyclic) bond motifs is 1. The molecule has 0 radical (unpaired) electrons. The summed E-state index contributed by atoms with van der Waals surface area (Å²) < 4.78 is 18.1. The molecule has 7 nitrogen and oxygen atoms in total. The van der Waals surface area contributed by atoms with Crippen molar-refractivity contribution in [2.75, 3.05) is 26.8 Å². The molecule has 0 fully saturated rings. The van der Waals surface area contributed by atoms with Crippen LogP contribution in [-0.4, -0.2) is 36.2 Å². The van der Waals surface area contributed by atoms with Crippen molar-refractivity contribution in [3.8, 4) is 28.6 Å². The van der Waals surface area contributed by atoms with Gasteiger partial charge in [-0.25, -0.2) is 4.68 Å². The van der Waals surface area contributed by atoms with E-state index in [1.807, 2.05) is 52.5 Å². The Balaban J connectivity index is 1.73. The second kappa shape index (κ2) is 7.24. The molecule has 2 heterocycles. The molecule has 2 aromatic carbocycles. The maximum atomic E-state index is 5.53. The van der Waals surface area contributed by atoms with Crippen LogP contribution in [0.5, 0.6) is 17.2 Å². The molecular weight excluding hydrogens is 364 g/mol. The number of ether oxygens (including phenoxy) is 3. The van der Waals surface area contributed by atoms with E-state index >= 15 is 0 Å². The molecule has 1 N–H and O–H groups in total. The molecule has 0 atom stereocenters. The lowest BCUT2D eigenvalue weighted by molar-refractivity contribution is 0.393. The second-order valence-corrected chi connectivity index (χ2v) is 6.51. The van der Waals surface area contributed by atoms with E-state index in [0.29, 0.717) is 11.6 Å². The fraction of sp³-hybridized carbons (Fsp3) is 0.158. The molecule has 0 saturated heterocycles. The Hall–Kier alpha value is -3.13. The highest BCUT2D eigenvalue weighted by atomic mass is 32.2. The minimum atomic E-state index is 0.674. The highest BCUT2D eigenvalue weighted by molar-refractivity contribution is 8.02. The summed E-state index contributed by atoms with van der Waals surface area (Å²) in [7, 11) is 4.91. The number of para-hydroxylation sites is 1. The van der Waals surface area contributed by atoms with Crippen LogP contribution in [0, 0.1) is 0 Å². The van der Waals surface area contributed by atoms with Crippen LogP contribution in [0.3, 0.4) is 0 Å². The van der Waals surface area contributed by atoms with E-state index in [0.717, 1.165) is 33.5 Å². The van der Waals surface area contributed by atoms with Crippen LogP contribution < -0.4 is 19.6 Å². The zero-order valence-corrected chi connectivity index (χ0v) is 15.9. The van der Waals surface area contributed by atoms with Crippen LogP contribution in [0.15, 0.2) is 53.0 Å². The van der Waals surface area contributed by atoms with E-state index in [1.54, 1.807) is 21.3 Å². The topological polar surface area (TPSA) is 70.4 Å². The van der Waals surface area contributed by atoms with Gasteiger partial charge < -0.3 is 14.2 Å². The first kappa shape index (κ1) is 17.3. The number of nitrogens with zero attached hydrogens (tertiary/aromatic N) is 3. The van der Waals surface area contributed by atoms with E-state index in [9.17, 15) is 0 Å². The zero-order valence-electron chi connectivity index (χ0n) is 15.1. The maximum Gasteiger partial charge on any atom is 0.214 e. The van der Waals surface area contributed by atoms with Crippen molar-refractivity contribution >= 4 is 17.5 Å². The van der Waals surface area contributed by atoms with Crippen molar-refractivity contribution < 1.29 is 14.2 Å². The number of benzene rings is 2. The Morgan fingerprint density at radius 1 is 0.889 bits per heavy atom. The predicted octanol–water partition coefficient (Wildman–Crippen LogP) is 3.62. The SMILES string of the molecule is COc1ccc(C2=CSc3nnc(-c4ccccc4OC)n3N2)c(OC)c1. The Bertz CT molecular complexity index is 1020. The molecule has 0 saturated carbocycles. The molecule has 1 aromatic heterocycles. The molecule has 3 aromatic rings. The van der Waals surface area contributed by atoms with Gasteiger partial charge in [-0.2, -0.15) is 0 Å². The molecule has 138 valence electrons. The van der Waals surface area contributed by atoms with E-state index in [4.69, 9.17) is 14.2 Å². The average molecular weight is 382 g/mol. The third kappa shape index (κ3) is 3.08. The summed E-state index contributed by atoms with van der Waals surface area (Å²) in [6.45, 7) is 0. The Labute approximate surface area is 160 Å². The lowest BCUT2D eigenvalue weighted by Gasteiger charge is -2.21. The van der Waals surface area contributed by atoms with Crippen molar-refractivity contribution in [2.24, 2.45) is 0 Å². The summed E-state index contributed by atoms with van der Waals surface area (Å²) >= 11 is 1.49. The van der Waals surface area contributed by atoms with Crippen molar-refractivity contribution in [1.82, 2.24) is 14.9 Å². The van der Waals surface area contributed by atoms with E-state index < -0.39 is 0 Å². The van der Waals surface area contributed by atoms with Crippen molar-refractivity contribution in [3.05, 3.63) is 53.4 Å². The number of methoxy groups -OCH3 is 3. The quantitative estimate of drug-likeness (QED) is 0.723. The van der Waals surface area contributed by atoms with Gasteiger partial charge in [-0.3, -0.25) is 5.43 Å². The number of hydrogen-bond acceptors (Lipinski definition) is 7. The molecule has 0 unspecified atom stereocenters. The lowest BCUT2D eigenvalue weighted by atomic mass is 10.1. The largest absolute Gasteiger partial charge is 0.497 e. The Kier molecular flexibility index (Phi) is 4.64. The summed E-state index contributed by atoms with van der Waals surface area (Å²) in [4.78, 5) is 0. The van der Waals surface area contributed by atoms with Crippen molar-refractivity contribution in [1.29, 1.82) is 0 Å². The number of thioether (sulfide) groups is 1. The third-order valence-electron chi connectivity index (χ3n) is 4.19. The fourth-order valence-electron chi connectivity index (χ4n) is 2.85. The molecule has 1 aliphatic rings. The van der Waals surface area contributed by atoms with Gasteiger partial charge >= 0.3 is 0 Å². The highest BCUT2D eigenvalue weighted by Gasteiger charge is 2.22. The van der Waals surface area contributed by atoms with Crippen molar-refractivity contribution in [3.63, 3.8) is 0 Å². The minimum absolute atomic E-state index is 0.674. The average Bonchev–Trinajstić information content (AvgIpc) is 3.16. The van der Waals surface area contributed by atoms with Crippen LogP contribution in [0.4, 0.5) is 0 Å². The standard InChI is InChI=1S/C19H18N4O3S/c1-24-12-8-9-13(17(10-12)26-3)15-11-27-19-21-20-18(23(19)22-15)14-6-4-5-7-16(14)25-2/h4-11,22H,1-3H3. The number of hydrogen-bond donors (Lipinski definition) is 1. The minimum Gasteiger partial charge on any atom is -0.497 e. The van der Waals surface area contributed by atoms with Gasteiger partial charge in [-0.15, -0.1) is 10.2 Å². The smallest absolute Gasteiger partial charge is 0.214 e. The van der Waals surface area contributed by atoms with Gasteiger partial charge in [0.2, 0.25) is 5.16 Å². The van der Waals surface area contributed by atoms with Gasteiger partial charge in [0.1, 0.15) is 17.2 Å². The van der Waals surface area contributed by atoms with Crippen LogP contribution >= 0.6 is 11.8 Å². The molecule has 0 spiro atoms. The van der Waals surface area contributed by atoms with Gasteiger partial charge in [0.05, 0.1) is 32.6 Å². The first-order chi connectivity index (χ1) is 13.2. The molecule has 0 bridgehead atoms. The number of rotatable bonds is 5. The monoisotopic (exact) mass is 382 g/mol. The fourth-order valence-corrected chi connectivity index (χ4v) is 3.58. The summed E-state index contributed by atoms with van der Waals surface area (Å²) in [5.41, 5.74) is 6.03. The summed E-state index contributed by atoms with van der Waals surface area (Å²) in [6.07, 6.45) is 0.